The molecule has 1 aliphatic rings. The number of rotatable bonds is 6. The number of carboxylic acid groups (broad SMARTS) is 1. The summed E-state index contributed by atoms with van der Waals surface area (Å²) in [6.07, 6.45) is 1.67. The molecule has 1 aromatic rings. The minimum Gasteiger partial charge on any atom is -0.495 e. The zero-order valence-corrected chi connectivity index (χ0v) is 13.3. The summed E-state index contributed by atoms with van der Waals surface area (Å²) in [6.45, 7) is -0.301. The smallest absolute Gasteiger partial charge is 0.323 e. The molecule has 7 heteroatoms. The number of ether oxygens (including phenoxy) is 2. The normalized spacial score (nSPS) is 13.7. The van der Waals surface area contributed by atoms with Crippen LogP contribution in [-0.2, 0) is 4.79 Å². The van der Waals surface area contributed by atoms with Gasteiger partial charge in [0.1, 0.15) is 22.5 Å². The molecule has 0 spiro atoms. The van der Waals surface area contributed by atoms with Crippen LogP contribution >= 0.6 is 15.9 Å². The molecular weight excluding hydrogens is 342 g/mol. The molecule has 0 atom stereocenters. The van der Waals surface area contributed by atoms with Crippen LogP contribution in [0.1, 0.15) is 23.2 Å². The maximum absolute atomic E-state index is 12.5. The van der Waals surface area contributed by atoms with Gasteiger partial charge in [0, 0.05) is 11.6 Å². The zero-order valence-electron chi connectivity index (χ0n) is 11.8. The second kappa shape index (κ2) is 6.34. The summed E-state index contributed by atoms with van der Waals surface area (Å²) in [5.41, 5.74) is 0.347. The van der Waals surface area contributed by atoms with E-state index in [2.05, 4.69) is 15.9 Å². The molecule has 1 saturated carbocycles. The first kappa shape index (κ1) is 15.6. The van der Waals surface area contributed by atoms with Crippen LogP contribution in [0.5, 0.6) is 11.5 Å². The second-order valence-electron chi connectivity index (χ2n) is 4.75. The minimum absolute atomic E-state index is 0.00855. The van der Waals surface area contributed by atoms with Gasteiger partial charge in [0.05, 0.1) is 14.2 Å². The fourth-order valence-corrected chi connectivity index (χ4v) is 2.61. The Bertz CT molecular complexity index is 545. The molecule has 114 valence electrons. The van der Waals surface area contributed by atoms with Gasteiger partial charge in [-0.2, -0.15) is 0 Å². The van der Waals surface area contributed by atoms with Gasteiger partial charge in [-0.1, -0.05) is 0 Å². The van der Waals surface area contributed by atoms with Crippen molar-refractivity contribution >= 4 is 27.8 Å². The number of hydrogen-bond donors (Lipinski definition) is 1. The molecule has 6 nitrogen and oxygen atoms in total. The van der Waals surface area contributed by atoms with Crippen molar-refractivity contribution in [2.75, 3.05) is 20.8 Å². The Hall–Kier alpha value is -1.76. The molecule has 0 bridgehead atoms. The van der Waals surface area contributed by atoms with Crippen LogP contribution in [-0.4, -0.2) is 48.7 Å². The summed E-state index contributed by atoms with van der Waals surface area (Å²) in [5.74, 6) is -0.428. The van der Waals surface area contributed by atoms with Gasteiger partial charge in [-0.3, -0.25) is 9.59 Å². The average Bonchev–Trinajstić information content (AvgIpc) is 3.28. The number of aliphatic carboxylic acids is 1. The van der Waals surface area contributed by atoms with E-state index in [1.54, 1.807) is 12.1 Å². The Labute approximate surface area is 130 Å². The van der Waals surface area contributed by atoms with Crippen LogP contribution in [0, 0.1) is 0 Å². The SMILES string of the molecule is COc1cc(C(=O)N(CC(=O)O)C2CC2)cc(OC)c1Br. The molecule has 0 radical (unpaired) electrons. The van der Waals surface area contributed by atoms with Crippen molar-refractivity contribution in [1.29, 1.82) is 0 Å². The third-order valence-corrected chi connectivity index (χ3v) is 4.03. The monoisotopic (exact) mass is 357 g/mol. The summed E-state index contributed by atoms with van der Waals surface area (Å²) in [7, 11) is 2.98. The highest BCUT2D eigenvalue weighted by molar-refractivity contribution is 9.10. The van der Waals surface area contributed by atoms with E-state index in [0.717, 1.165) is 12.8 Å². The summed E-state index contributed by atoms with van der Waals surface area (Å²) in [5, 5.41) is 8.95. The maximum atomic E-state index is 12.5. The van der Waals surface area contributed by atoms with Gasteiger partial charge in [0.25, 0.3) is 5.91 Å². The first-order valence-corrected chi connectivity index (χ1v) is 7.21. The molecule has 0 aliphatic heterocycles. The fourth-order valence-electron chi connectivity index (χ4n) is 2.06. The van der Waals surface area contributed by atoms with E-state index in [-0.39, 0.29) is 18.5 Å². The van der Waals surface area contributed by atoms with E-state index in [0.29, 0.717) is 21.5 Å². The number of carbonyl (C=O) groups is 2. The first-order chi connectivity index (χ1) is 9.97. The molecule has 0 heterocycles. The number of hydrogen-bond acceptors (Lipinski definition) is 4. The van der Waals surface area contributed by atoms with Crippen molar-refractivity contribution in [3.8, 4) is 11.5 Å². The van der Waals surface area contributed by atoms with Gasteiger partial charge < -0.3 is 19.5 Å². The van der Waals surface area contributed by atoms with Crippen molar-refractivity contribution in [2.24, 2.45) is 0 Å². The van der Waals surface area contributed by atoms with E-state index in [1.807, 2.05) is 0 Å². The van der Waals surface area contributed by atoms with E-state index in [4.69, 9.17) is 14.6 Å². The van der Waals surface area contributed by atoms with Gasteiger partial charge in [-0.25, -0.2) is 0 Å². The summed E-state index contributed by atoms with van der Waals surface area (Å²) < 4.78 is 11.0. The highest BCUT2D eigenvalue weighted by Gasteiger charge is 2.34. The number of amides is 1. The van der Waals surface area contributed by atoms with Gasteiger partial charge in [-0.05, 0) is 40.9 Å². The van der Waals surface area contributed by atoms with Gasteiger partial charge in [0.2, 0.25) is 0 Å². The number of halogens is 1. The quantitative estimate of drug-likeness (QED) is 0.844. The van der Waals surface area contributed by atoms with Crippen LogP contribution in [0.3, 0.4) is 0 Å². The van der Waals surface area contributed by atoms with Crippen molar-refractivity contribution in [3.05, 3.63) is 22.2 Å². The van der Waals surface area contributed by atoms with E-state index < -0.39 is 5.97 Å². The molecule has 1 amide bonds. The lowest BCUT2D eigenvalue weighted by atomic mass is 10.1. The van der Waals surface area contributed by atoms with E-state index >= 15 is 0 Å². The van der Waals surface area contributed by atoms with Crippen molar-refractivity contribution < 1.29 is 24.2 Å². The zero-order chi connectivity index (χ0) is 15.6. The van der Waals surface area contributed by atoms with Crippen LogP contribution < -0.4 is 9.47 Å². The van der Waals surface area contributed by atoms with Crippen molar-refractivity contribution in [3.63, 3.8) is 0 Å². The van der Waals surface area contributed by atoms with Crippen molar-refractivity contribution in [2.45, 2.75) is 18.9 Å². The molecule has 1 aliphatic carbocycles. The molecule has 1 N–H and O–H groups in total. The lowest BCUT2D eigenvalue weighted by Gasteiger charge is -2.21. The van der Waals surface area contributed by atoms with Crippen LogP contribution in [0.2, 0.25) is 0 Å². The Morgan fingerprint density at radius 1 is 1.29 bits per heavy atom. The fraction of sp³-hybridized carbons (Fsp3) is 0.429. The Morgan fingerprint density at radius 3 is 2.19 bits per heavy atom. The van der Waals surface area contributed by atoms with E-state index in [9.17, 15) is 9.59 Å². The highest BCUT2D eigenvalue weighted by Crippen LogP contribution is 2.37. The Balaban J connectivity index is 2.34. The van der Waals surface area contributed by atoms with Crippen LogP contribution in [0.15, 0.2) is 16.6 Å². The number of carbonyl (C=O) groups excluding carboxylic acids is 1. The standard InChI is InChI=1S/C14H16BrNO5/c1-20-10-5-8(6-11(21-2)13(10)15)14(19)16(7-12(17)18)9-3-4-9/h5-6,9H,3-4,7H2,1-2H3,(H,17,18). The molecule has 1 aromatic carbocycles. The molecule has 1 fully saturated rings. The number of benzene rings is 1. The third kappa shape index (κ3) is 3.47. The second-order valence-corrected chi connectivity index (χ2v) is 5.55. The number of nitrogens with zero attached hydrogens (tertiary/aromatic N) is 1. The molecule has 0 unspecified atom stereocenters. The van der Waals surface area contributed by atoms with E-state index in [1.165, 1.54) is 19.1 Å². The largest absolute Gasteiger partial charge is 0.495 e. The predicted octanol–water partition coefficient (Wildman–Crippen LogP) is 2.16. The first-order valence-electron chi connectivity index (χ1n) is 6.42. The topological polar surface area (TPSA) is 76.1 Å². The van der Waals surface area contributed by atoms with Crippen LogP contribution in [0.25, 0.3) is 0 Å². The van der Waals surface area contributed by atoms with Crippen molar-refractivity contribution in [1.82, 2.24) is 4.90 Å². The van der Waals surface area contributed by atoms with Gasteiger partial charge in [-0.15, -0.1) is 0 Å². The summed E-state index contributed by atoms with van der Waals surface area (Å²) in [6, 6.07) is 3.16. The highest BCUT2D eigenvalue weighted by atomic mass is 79.9. The van der Waals surface area contributed by atoms with Gasteiger partial charge in [0.15, 0.2) is 0 Å². The third-order valence-electron chi connectivity index (χ3n) is 3.25. The molecular formula is C14H16BrNO5. The van der Waals surface area contributed by atoms with Gasteiger partial charge >= 0.3 is 5.97 Å². The van der Waals surface area contributed by atoms with Crippen LogP contribution in [0.4, 0.5) is 0 Å². The lowest BCUT2D eigenvalue weighted by molar-refractivity contribution is -0.137. The number of methoxy groups -OCH3 is 2. The average molecular weight is 358 g/mol. The lowest BCUT2D eigenvalue weighted by Crippen LogP contribution is -2.37. The molecule has 0 aromatic heterocycles. The molecule has 0 saturated heterocycles. The summed E-state index contributed by atoms with van der Waals surface area (Å²) >= 11 is 3.33. The number of carboxylic acids is 1. The summed E-state index contributed by atoms with van der Waals surface area (Å²) in [4.78, 5) is 24.9. The minimum atomic E-state index is -1.02. The Kier molecular flexibility index (Phi) is 4.72. The molecule has 2 rings (SSSR count). The maximum Gasteiger partial charge on any atom is 0.323 e. The Morgan fingerprint density at radius 2 is 1.81 bits per heavy atom. The molecule has 21 heavy (non-hydrogen) atoms. The predicted molar refractivity (Wildman–Crippen MR) is 78.9 cm³/mol.